The van der Waals surface area contributed by atoms with Crippen LogP contribution in [-0.4, -0.2) is 25.0 Å². The van der Waals surface area contributed by atoms with E-state index in [0.29, 0.717) is 12.6 Å². The topological polar surface area (TPSA) is 41.1 Å². The van der Waals surface area contributed by atoms with Gasteiger partial charge in [0.25, 0.3) is 0 Å². The van der Waals surface area contributed by atoms with Gasteiger partial charge in [0.05, 0.1) is 6.54 Å². The molecule has 1 aliphatic rings. The molecular weight excluding hydrogens is 224 g/mol. The molecular formula is C15H22N2O. The van der Waals surface area contributed by atoms with Crippen LogP contribution in [0.4, 0.5) is 0 Å². The second-order valence-corrected chi connectivity index (χ2v) is 5.30. The van der Waals surface area contributed by atoms with Gasteiger partial charge in [-0.1, -0.05) is 17.7 Å². The monoisotopic (exact) mass is 246 g/mol. The Balaban J connectivity index is 1.96. The number of benzene rings is 1. The molecule has 1 unspecified atom stereocenters. The Kier molecular flexibility index (Phi) is 4.02. The van der Waals surface area contributed by atoms with Crippen molar-refractivity contribution in [2.24, 2.45) is 0 Å². The number of hydrogen-bond acceptors (Lipinski definition) is 2. The zero-order valence-corrected chi connectivity index (χ0v) is 11.5. The Morgan fingerprint density at radius 2 is 1.89 bits per heavy atom. The molecule has 1 atom stereocenters. The van der Waals surface area contributed by atoms with Crippen LogP contribution in [0, 0.1) is 20.8 Å². The van der Waals surface area contributed by atoms with Crippen molar-refractivity contribution in [3.63, 3.8) is 0 Å². The lowest BCUT2D eigenvalue weighted by atomic mass is 9.94. The van der Waals surface area contributed by atoms with Gasteiger partial charge in [0, 0.05) is 12.6 Å². The molecule has 98 valence electrons. The van der Waals surface area contributed by atoms with Crippen molar-refractivity contribution in [1.82, 2.24) is 10.6 Å². The van der Waals surface area contributed by atoms with Gasteiger partial charge in [0.2, 0.25) is 5.91 Å². The van der Waals surface area contributed by atoms with Gasteiger partial charge in [-0.15, -0.1) is 0 Å². The summed E-state index contributed by atoms with van der Waals surface area (Å²) in [5.41, 5.74) is 5.55. The first-order valence-electron chi connectivity index (χ1n) is 6.63. The van der Waals surface area contributed by atoms with Gasteiger partial charge >= 0.3 is 0 Å². The fourth-order valence-corrected chi connectivity index (χ4v) is 2.74. The number of amides is 1. The summed E-state index contributed by atoms with van der Waals surface area (Å²) in [5, 5.41) is 6.18. The van der Waals surface area contributed by atoms with Crippen LogP contribution in [-0.2, 0) is 11.2 Å². The van der Waals surface area contributed by atoms with Gasteiger partial charge in [-0.05, 0) is 50.3 Å². The molecule has 0 spiro atoms. The minimum atomic E-state index is 0.106. The Bertz CT molecular complexity index is 421. The number of piperazine rings is 1. The molecule has 3 nitrogen and oxygen atoms in total. The van der Waals surface area contributed by atoms with E-state index in [-0.39, 0.29) is 5.91 Å². The fourth-order valence-electron chi connectivity index (χ4n) is 2.74. The molecule has 1 heterocycles. The molecule has 1 amide bonds. The summed E-state index contributed by atoms with van der Waals surface area (Å²) in [5.74, 6) is 0.106. The van der Waals surface area contributed by atoms with Crippen molar-refractivity contribution in [2.75, 3.05) is 13.1 Å². The minimum Gasteiger partial charge on any atom is -0.353 e. The van der Waals surface area contributed by atoms with Gasteiger partial charge in [0.1, 0.15) is 0 Å². The van der Waals surface area contributed by atoms with Crippen molar-refractivity contribution >= 4 is 5.91 Å². The third kappa shape index (κ3) is 3.10. The van der Waals surface area contributed by atoms with Crippen LogP contribution in [0.25, 0.3) is 0 Å². The number of carbonyl (C=O) groups excluding carboxylic acids is 1. The molecule has 2 rings (SSSR count). The number of carbonyl (C=O) groups is 1. The molecule has 3 heteroatoms. The highest BCUT2D eigenvalue weighted by Gasteiger charge is 2.17. The summed E-state index contributed by atoms with van der Waals surface area (Å²) in [7, 11) is 0. The molecule has 0 saturated carbocycles. The molecule has 1 saturated heterocycles. The summed E-state index contributed by atoms with van der Waals surface area (Å²) in [4.78, 5) is 11.1. The van der Waals surface area contributed by atoms with Gasteiger partial charge in [-0.2, -0.15) is 0 Å². The van der Waals surface area contributed by atoms with E-state index in [1.807, 2.05) is 0 Å². The first-order valence-corrected chi connectivity index (χ1v) is 6.63. The summed E-state index contributed by atoms with van der Waals surface area (Å²) < 4.78 is 0. The van der Waals surface area contributed by atoms with Gasteiger partial charge in [-0.25, -0.2) is 0 Å². The zero-order chi connectivity index (χ0) is 13.1. The van der Waals surface area contributed by atoms with Crippen LogP contribution in [0.1, 0.15) is 28.7 Å². The van der Waals surface area contributed by atoms with Crippen molar-refractivity contribution in [1.29, 1.82) is 0 Å². The van der Waals surface area contributed by atoms with Crippen LogP contribution in [0.2, 0.25) is 0 Å². The van der Waals surface area contributed by atoms with E-state index in [4.69, 9.17) is 0 Å². The zero-order valence-electron chi connectivity index (χ0n) is 11.5. The van der Waals surface area contributed by atoms with E-state index in [9.17, 15) is 4.79 Å². The molecule has 0 aromatic heterocycles. The third-order valence-electron chi connectivity index (χ3n) is 3.68. The maximum Gasteiger partial charge on any atom is 0.234 e. The summed E-state index contributed by atoms with van der Waals surface area (Å²) in [6, 6.07) is 4.90. The number of rotatable bonds is 3. The predicted octanol–water partition coefficient (Wildman–Crippen LogP) is 1.63. The highest BCUT2D eigenvalue weighted by atomic mass is 16.2. The molecule has 1 aliphatic heterocycles. The molecule has 0 aliphatic carbocycles. The molecule has 2 N–H and O–H groups in total. The van der Waals surface area contributed by atoms with Crippen LogP contribution in [0.15, 0.2) is 12.1 Å². The number of aryl methyl sites for hydroxylation is 3. The quantitative estimate of drug-likeness (QED) is 0.851. The van der Waals surface area contributed by atoms with Crippen molar-refractivity contribution < 1.29 is 4.79 Å². The Hall–Kier alpha value is -1.35. The van der Waals surface area contributed by atoms with Gasteiger partial charge < -0.3 is 10.6 Å². The van der Waals surface area contributed by atoms with Crippen molar-refractivity contribution in [3.05, 3.63) is 34.4 Å². The van der Waals surface area contributed by atoms with Crippen LogP contribution < -0.4 is 10.6 Å². The van der Waals surface area contributed by atoms with E-state index >= 15 is 0 Å². The van der Waals surface area contributed by atoms with Gasteiger partial charge in [0.15, 0.2) is 0 Å². The van der Waals surface area contributed by atoms with Crippen LogP contribution in [0.3, 0.4) is 0 Å². The van der Waals surface area contributed by atoms with E-state index < -0.39 is 0 Å². The lowest BCUT2D eigenvalue weighted by molar-refractivity contribution is -0.121. The molecule has 1 aromatic rings. The largest absolute Gasteiger partial charge is 0.353 e. The SMILES string of the molecule is Cc1cc(C)c(CCC2CNC(=O)CN2)c(C)c1. The van der Waals surface area contributed by atoms with Crippen molar-refractivity contribution in [2.45, 2.75) is 39.7 Å². The maximum absolute atomic E-state index is 11.1. The van der Waals surface area contributed by atoms with E-state index in [1.54, 1.807) is 0 Å². The normalized spacial score (nSPS) is 19.7. The summed E-state index contributed by atoms with van der Waals surface area (Å²) >= 11 is 0. The van der Waals surface area contributed by atoms with Crippen LogP contribution in [0.5, 0.6) is 0 Å². The summed E-state index contributed by atoms with van der Waals surface area (Å²) in [6.45, 7) is 7.72. The van der Waals surface area contributed by atoms with Gasteiger partial charge in [-0.3, -0.25) is 4.79 Å². The standard InChI is InChI=1S/C15H22N2O/c1-10-6-11(2)14(12(3)7-10)5-4-13-8-17-15(18)9-16-13/h6-7,13,16H,4-5,8-9H2,1-3H3,(H,17,18). The van der Waals surface area contributed by atoms with E-state index in [1.165, 1.54) is 22.3 Å². The van der Waals surface area contributed by atoms with E-state index in [0.717, 1.165) is 19.4 Å². The Morgan fingerprint density at radius 1 is 1.22 bits per heavy atom. The average Bonchev–Trinajstić information content (AvgIpc) is 2.30. The molecule has 1 aromatic carbocycles. The van der Waals surface area contributed by atoms with Crippen molar-refractivity contribution in [3.8, 4) is 0 Å². The second-order valence-electron chi connectivity index (χ2n) is 5.30. The lowest BCUT2D eigenvalue weighted by Gasteiger charge is -2.24. The third-order valence-corrected chi connectivity index (χ3v) is 3.68. The minimum absolute atomic E-state index is 0.106. The molecule has 18 heavy (non-hydrogen) atoms. The van der Waals surface area contributed by atoms with Crippen LogP contribution >= 0.6 is 0 Å². The average molecular weight is 246 g/mol. The predicted molar refractivity (Wildman–Crippen MR) is 73.8 cm³/mol. The maximum atomic E-state index is 11.1. The smallest absolute Gasteiger partial charge is 0.234 e. The highest BCUT2D eigenvalue weighted by molar-refractivity contribution is 5.78. The first-order chi connectivity index (χ1) is 8.56. The fraction of sp³-hybridized carbons (Fsp3) is 0.533. The molecule has 0 bridgehead atoms. The number of nitrogens with one attached hydrogen (secondary N) is 2. The van der Waals surface area contributed by atoms with E-state index in [2.05, 4.69) is 43.5 Å². The Labute approximate surface area is 109 Å². The molecule has 0 radical (unpaired) electrons. The number of hydrogen-bond donors (Lipinski definition) is 2. The Morgan fingerprint density at radius 3 is 2.44 bits per heavy atom. The summed E-state index contributed by atoms with van der Waals surface area (Å²) in [6.07, 6.45) is 2.15. The lowest BCUT2D eigenvalue weighted by Crippen LogP contribution is -2.51. The first kappa shape index (κ1) is 13.1. The second kappa shape index (κ2) is 5.53. The molecule has 1 fully saturated rings. The highest BCUT2D eigenvalue weighted by Crippen LogP contribution is 2.18.